The van der Waals surface area contributed by atoms with E-state index < -0.39 is 0 Å². The Labute approximate surface area is 130 Å². The molecular formula is C16H24BrNO2. The summed E-state index contributed by atoms with van der Waals surface area (Å²) in [5.41, 5.74) is 1.34. The van der Waals surface area contributed by atoms with E-state index in [2.05, 4.69) is 41.2 Å². The van der Waals surface area contributed by atoms with Gasteiger partial charge in [0.05, 0.1) is 14.2 Å². The molecule has 1 N–H and O–H groups in total. The fraction of sp³-hybridized carbons (Fsp3) is 0.625. The highest BCUT2D eigenvalue weighted by Crippen LogP contribution is 2.42. The van der Waals surface area contributed by atoms with E-state index in [0.29, 0.717) is 17.8 Å². The molecule has 0 spiro atoms. The molecule has 1 saturated heterocycles. The lowest BCUT2D eigenvalue weighted by molar-refractivity contribution is 0.253. The van der Waals surface area contributed by atoms with Crippen molar-refractivity contribution in [2.24, 2.45) is 11.8 Å². The van der Waals surface area contributed by atoms with Gasteiger partial charge in [0, 0.05) is 4.47 Å². The Bertz CT molecular complexity index is 462. The number of halogens is 1. The Morgan fingerprint density at radius 1 is 1.20 bits per heavy atom. The monoisotopic (exact) mass is 341 g/mol. The number of piperidine rings is 1. The van der Waals surface area contributed by atoms with Gasteiger partial charge < -0.3 is 14.8 Å². The average molecular weight is 342 g/mol. The second kappa shape index (κ2) is 6.81. The maximum Gasteiger partial charge on any atom is 0.161 e. The second-order valence-electron chi connectivity index (χ2n) is 5.74. The first-order valence-corrected chi connectivity index (χ1v) is 8.00. The molecule has 0 saturated carbocycles. The highest BCUT2D eigenvalue weighted by atomic mass is 79.9. The van der Waals surface area contributed by atoms with Crippen LogP contribution in [0.1, 0.15) is 31.7 Å². The molecule has 0 radical (unpaired) electrons. The van der Waals surface area contributed by atoms with Crippen molar-refractivity contribution in [3.8, 4) is 11.5 Å². The van der Waals surface area contributed by atoms with Crippen molar-refractivity contribution in [1.29, 1.82) is 0 Å². The summed E-state index contributed by atoms with van der Waals surface area (Å²) in [6, 6.07) is 4.15. The zero-order chi connectivity index (χ0) is 14.7. The molecule has 3 nitrogen and oxygen atoms in total. The largest absolute Gasteiger partial charge is 0.493 e. The van der Waals surface area contributed by atoms with Gasteiger partial charge in [0.1, 0.15) is 0 Å². The van der Waals surface area contributed by atoms with Crippen LogP contribution in [0.2, 0.25) is 0 Å². The topological polar surface area (TPSA) is 30.5 Å². The van der Waals surface area contributed by atoms with Crippen molar-refractivity contribution in [1.82, 2.24) is 5.32 Å². The van der Waals surface area contributed by atoms with E-state index in [9.17, 15) is 0 Å². The first kappa shape index (κ1) is 15.6. The van der Waals surface area contributed by atoms with Gasteiger partial charge in [-0.3, -0.25) is 0 Å². The van der Waals surface area contributed by atoms with Crippen LogP contribution >= 0.6 is 15.9 Å². The smallest absolute Gasteiger partial charge is 0.161 e. The van der Waals surface area contributed by atoms with Gasteiger partial charge in [-0.05, 0) is 55.0 Å². The highest BCUT2D eigenvalue weighted by molar-refractivity contribution is 9.10. The first-order valence-electron chi connectivity index (χ1n) is 7.20. The molecule has 1 aliphatic rings. The van der Waals surface area contributed by atoms with Crippen molar-refractivity contribution in [3.63, 3.8) is 0 Å². The summed E-state index contributed by atoms with van der Waals surface area (Å²) < 4.78 is 11.9. The molecule has 0 bridgehead atoms. The SMILES string of the molecule is COc1cc(Br)c(C2CCNCC2C(C)C)cc1OC. The lowest BCUT2D eigenvalue weighted by atomic mass is 9.75. The number of ether oxygens (including phenoxy) is 2. The van der Waals surface area contributed by atoms with E-state index in [-0.39, 0.29) is 0 Å². The Morgan fingerprint density at radius 3 is 2.45 bits per heavy atom. The van der Waals surface area contributed by atoms with E-state index in [0.717, 1.165) is 35.5 Å². The third-order valence-corrected chi connectivity index (χ3v) is 4.97. The molecule has 1 fully saturated rings. The molecule has 0 aromatic heterocycles. The maximum atomic E-state index is 5.46. The highest BCUT2D eigenvalue weighted by Gasteiger charge is 2.30. The molecule has 1 aliphatic heterocycles. The van der Waals surface area contributed by atoms with E-state index >= 15 is 0 Å². The molecule has 20 heavy (non-hydrogen) atoms. The van der Waals surface area contributed by atoms with E-state index in [1.807, 2.05) is 6.07 Å². The van der Waals surface area contributed by atoms with Crippen LogP contribution in [0.15, 0.2) is 16.6 Å². The Morgan fingerprint density at radius 2 is 1.85 bits per heavy atom. The van der Waals surface area contributed by atoms with Gasteiger partial charge in [-0.1, -0.05) is 29.8 Å². The molecule has 2 rings (SSSR count). The van der Waals surface area contributed by atoms with Crippen LogP contribution in [0.5, 0.6) is 11.5 Å². The number of hydrogen-bond acceptors (Lipinski definition) is 3. The van der Waals surface area contributed by atoms with Crippen LogP contribution in [0.4, 0.5) is 0 Å². The molecule has 1 aromatic rings. The lowest BCUT2D eigenvalue weighted by Gasteiger charge is -2.36. The summed E-state index contributed by atoms with van der Waals surface area (Å²) in [5.74, 6) is 3.46. The predicted octanol–water partition coefficient (Wildman–Crippen LogP) is 3.82. The van der Waals surface area contributed by atoms with Gasteiger partial charge in [0.25, 0.3) is 0 Å². The maximum absolute atomic E-state index is 5.46. The van der Waals surface area contributed by atoms with Crippen molar-refractivity contribution in [2.45, 2.75) is 26.2 Å². The van der Waals surface area contributed by atoms with Crippen LogP contribution in [0.25, 0.3) is 0 Å². The van der Waals surface area contributed by atoms with Gasteiger partial charge in [-0.2, -0.15) is 0 Å². The Kier molecular flexibility index (Phi) is 5.33. The van der Waals surface area contributed by atoms with Crippen molar-refractivity contribution < 1.29 is 9.47 Å². The Hall–Kier alpha value is -0.740. The van der Waals surface area contributed by atoms with Crippen molar-refractivity contribution in [3.05, 3.63) is 22.2 Å². The zero-order valence-electron chi connectivity index (χ0n) is 12.7. The Balaban J connectivity index is 2.39. The molecular weight excluding hydrogens is 318 g/mol. The number of nitrogens with one attached hydrogen (secondary N) is 1. The van der Waals surface area contributed by atoms with Crippen LogP contribution in [-0.4, -0.2) is 27.3 Å². The minimum Gasteiger partial charge on any atom is -0.493 e. The quantitative estimate of drug-likeness (QED) is 0.902. The summed E-state index contributed by atoms with van der Waals surface area (Å²) in [6.45, 7) is 6.77. The van der Waals surface area contributed by atoms with Gasteiger partial charge in [0.2, 0.25) is 0 Å². The summed E-state index contributed by atoms with van der Waals surface area (Å²) in [5, 5.41) is 3.52. The molecule has 0 amide bonds. The number of rotatable bonds is 4. The van der Waals surface area contributed by atoms with Gasteiger partial charge in [0.15, 0.2) is 11.5 Å². The molecule has 2 unspecified atom stereocenters. The molecule has 0 aliphatic carbocycles. The van der Waals surface area contributed by atoms with Crippen LogP contribution in [0, 0.1) is 11.8 Å². The van der Waals surface area contributed by atoms with E-state index in [1.54, 1.807) is 14.2 Å². The zero-order valence-corrected chi connectivity index (χ0v) is 14.3. The standard InChI is InChI=1S/C16H24BrNO2/c1-10(2)13-9-18-6-5-11(13)12-7-15(19-3)16(20-4)8-14(12)17/h7-8,10-11,13,18H,5-6,9H2,1-4H3. The van der Waals surface area contributed by atoms with E-state index in [1.165, 1.54) is 5.56 Å². The summed E-state index contributed by atoms with van der Waals surface area (Å²) in [7, 11) is 3.36. The van der Waals surface area contributed by atoms with Crippen molar-refractivity contribution in [2.75, 3.05) is 27.3 Å². The third kappa shape index (κ3) is 3.12. The van der Waals surface area contributed by atoms with Gasteiger partial charge in [-0.15, -0.1) is 0 Å². The van der Waals surface area contributed by atoms with Crippen molar-refractivity contribution >= 4 is 15.9 Å². The molecule has 1 heterocycles. The van der Waals surface area contributed by atoms with Crippen LogP contribution in [-0.2, 0) is 0 Å². The summed E-state index contributed by atoms with van der Waals surface area (Å²) in [4.78, 5) is 0. The molecule has 2 atom stereocenters. The third-order valence-electron chi connectivity index (χ3n) is 4.29. The predicted molar refractivity (Wildman–Crippen MR) is 85.8 cm³/mol. The van der Waals surface area contributed by atoms with Crippen LogP contribution < -0.4 is 14.8 Å². The second-order valence-corrected chi connectivity index (χ2v) is 6.59. The van der Waals surface area contributed by atoms with Crippen LogP contribution in [0.3, 0.4) is 0 Å². The lowest BCUT2D eigenvalue weighted by Crippen LogP contribution is -2.38. The number of benzene rings is 1. The molecule has 4 heteroatoms. The molecule has 1 aromatic carbocycles. The van der Waals surface area contributed by atoms with E-state index in [4.69, 9.17) is 9.47 Å². The number of methoxy groups -OCH3 is 2. The molecule has 112 valence electrons. The summed E-state index contributed by atoms with van der Waals surface area (Å²) >= 11 is 3.71. The first-order chi connectivity index (χ1) is 9.58. The normalized spacial score (nSPS) is 22.9. The minimum absolute atomic E-state index is 0.561. The van der Waals surface area contributed by atoms with Gasteiger partial charge >= 0.3 is 0 Å². The fourth-order valence-electron chi connectivity index (χ4n) is 3.12. The fourth-order valence-corrected chi connectivity index (χ4v) is 3.74. The van der Waals surface area contributed by atoms with Gasteiger partial charge in [-0.25, -0.2) is 0 Å². The average Bonchev–Trinajstić information content (AvgIpc) is 2.46. The summed E-state index contributed by atoms with van der Waals surface area (Å²) in [6.07, 6.45) is 1.16. The minimum atomic E-state index is 0.561. The number of hydrogen-bond donors (Lipinski definition) is 1.